The summed E-state index contributed by atoms with van der Waals surface area (Å²) in [7, 11) is 1.78. The molecule has 1 aromatic rings. The van der Waals surface area contributed by atoms with Gasteiger partial charge in [-0.25, -0.2) is 0 Å². The lowest BCUT2D eigenvalue weighted by molar-refractivity contribution is -0.139. The molecule has 0 atom stereocenters. The van der Waals surface area contributed by atoms with Crippen molar-refractivity contribution in [2.45, 2.75) is 6.92 Å². The lowest BCUT2D eigenvalue weighted by atomic mass is 10.1. The van der Waals surface area contributed by atoms with E-state index >= 15 is 0 Å². The molecule has 5 heteroatoms. The molecule has 0 spiro atoms. The van der Waals surface area contributed by atoms with Gasteiger partial charge in [0, 0.05) is 25.7 Å². The fraction of sp³-hybridized carbons (Fsp3) is 0.214. The normalized spacial score (nSPS) is 10.2. The fourth-order valence-electron chi connectivity index (χ4n) is 1.53. The number of anilines is 1. The number of hydrogen-bond acceptors (Lipinski definition) is 4. The number of para-hydroxylation sites is 1. The molecule has 0 heterocycles. The zero-order chi connectivity index (χ0) is 14.3. The maximum Gasteiger partial charge on any atom is 0.253 e. The van der Waals surface area contributed by atoms with Crippen LogP contribution in [0.4, 0.5) is 5.69 Å². The molecule has 0 saturated carbocycles. The van der Waals surface area contributed by atoms with E-state index in [0.717, 1.165) is 16.2 Å². The smallest absolute Gasteiger partial charge is 0.253 e. The summed E-state index contributed by atoms with van der Waals surface area (Å²) in [5.41, 5.74) is 1.68. The molecule has 5 nitrogen and oxygen atoms in total. The molecule has 0 bridgehead atoms. The van der Waals surface area contributed by atoms with Crippen LogP contribution in [0.5, 0.6) is 0 Å². The Morgan fingerprint density at radius 2 is 2.05 bits per heavy atom. The third-order valence-corrected chi connectivity index (χ3v) is 2.50. The Bertz CT molecular complexity index is 509. The van der Waals surface area contributed by atoms with E-state index < -0.39 is 11.8 Å². The van der Waals surface area contributed by atoms with Gasteiger partial charge in [0.2, 0.25) is 12.2 Å². The van der Waals surface area contributed by atoms with Crippen molar-refractivity contribution in [2.75, 3.05) is 18.9 Å². The van der Waals surface area contributed by atoms with Gasteiger partial charge in [-0.15, -0.1) is 0 Å². The molecule has 19 heavy (non-hydrogen) atoms. The quantitative estimate of drug-likeness (QED) is 0.808. The van der Waals surface area contributed by atoms with Gasteiger partial charge in [-0.05, 0) is 17.7 Å². The summed E-state index contributed by atoms with van der Waals surface area (Å²) in [5.74, 6) is -1.03. The fourth-order valence-corrected chi connectivity index (χ4v) is 1.53. The zero-order valence-electron chi connectivity index (χ0n) is 10.8. The first kappa shape index (κ1) is 14.6. The van der Waals surface area contributed by atoms with Crippen LogP contribution in [0.1, 0.15) is 12.5 Å². The van der Waals surface area contributed by atoms with Crippen LogP contribution in [0, 0.1) is 0 Å². The average Bonchev–Trinajstić information content (AvgIpc) is 2.42. The molecule has 0 aliphatic rings. The Morgan fingerprint density at radius 1 is 1.37 bits per heavy atom. The second-order valence-corrected chi connectivity index (χ2v) is 3.76. The summed E-state index contributed by atoms with van der Waals surface area (Å²) in [6.07, 6.45) is 4.39. The Balaban J connectivity index is 2.88. The number of carbonyl (C=O) groups is 2. The largest absolute Gasteiger partial charge is 0.388 e. The molecule has 99 valence electrons. The van der Waals surface area contributed by atoms with Gasteiger partial charge >= 0.3 is 0 Å². The van der Waals surface area contributed by atoms with Crippen molar-refractivity contribution in [2.24, 2.45) is 0 Å². The molecule has 0 aromatic heterocycles. The van der Waals surface area contributed by atoms with Crippen molar-refractivity contribution >= 4 is 29.9 Å². The Kier molecular flexibility index (Phi) is 5.47. The van der Waals surface area contributed by atoms with E-state index in [1.54, 1.807) is 13.1 Å². The maximum atomic E-state index is 11.8. The number of nitrogens with one attached hydrogen (secondary N) is 1. The van der Waals surface area contributed by atoms with Crippen LogP contribution >= 0.6 is 0 Å². The molecule has 0 fully saturated rings. The Morgan fingerprint density at radius 3 is 2.63 bits per heavy atom. The first-order valence-corrected chi connectivity index (χ1v) is 5.72. The second kappa shape index (κ2) is 7.10. The van der Waals surface area contributed by atoms with Gasteiger partial charge in [-0.2, -0.15) is 0 Å². The highest BCUT2D eigenvalue weighted by molar-refractivity contribution is 6.03. The molecule has 1 N–H and O–H groups in total. The summed E-state index contributed by atoms with van der Waals surface area (Å²) in [6, 6.07) is 7.41. The number of rotatable bonds is 5. The molecular weight excluding hydrogens is 244 g/mol. The highest BCUT2D eigenvalue weighted by Crippen LogP contribution is 2.15. The van der Waals surface area contributed by atoms with E-state index in [2.05, 4.69) is 5.32 Å². The maximum absolute atomic E-state index is 11.8. The van der Waals surface area contributed by atoms with Gasteiger partial charge in [-0.1, -0.05) is 18.2 Å². The van der Waals surface area contributed by atoms with Crippen molar-refractivity contribution in [3.05, 3.63) is 35.9 Å². The summed E-state index contributed by atoms with van der Waals surface area (Å²) in [5, 5.41) is 2.99. The lowest BCUT2D eigenvalue weighted by Crippen LogP contribution is -2.35. The third-order valence-electron chi connectivity index (χ3n) is 2.50. The van der Waals surface area contributed by atoms with Crippen molar-refractivity contribution in [3.8, 4) is 0 Å². The van der Waals surface area contributed by atoms with Gasteiger partial charge in [0.05, 0.1) is 6.54 Å². The van der Waals surface area contributed by atoms with Gasteiger partial charge in [0.1, 0.15) is 0 Å². The highest BCUT2D eigenvalue weighted by atomic mass is 16.2. The molecule has 0 unspecified atom stereocenters. The first-order chi connectivity index (χ1) is 9.10. The van der Waals surface area contributed by atoms with Crippen molar-refractivity contribution < 1.29 is 14.4 Å². The second-order valence-electron chi connectivity index (χ2n) is 3.76. The van der Waals surface area contributed by atoms with E-state index in [-0.39, 0.29) is 6.54 Å². The molecule has 1 rings (SSSR count). The minimum atomic E-state index is -0.540. The van der Waals surface area contributed by atoms with E-state index in [0.29, 0.717) is 0 Å². The molecule has 1 radical (unpaired) electrons. The number of nitrogens with zero attached hydrogens (tertiary/aromatic N) is 1. The van der Waals surface area contributed by atoms with Gasteiger partial charge in [-0.3, -0.25) is 19.3 Å². The first-order valence-electron chi connectivity index (χ1n) is 5.72. The summed E-state index contributed by atoms with van der Waals surface area (Å²) in [4.78, 5) is 34.1. The summed E-state index contributed by atoms with van der Waals surface area (Å²) >= 11 is 0. The minimum absolute atomic E-state index is 0.355. The van der Waals surface area contributed by atoms with Crippen LogP contribution in [0.25, 0.3) is 6.08 Å². The van der Waals surface area contributed by atoms with Crippen LogP contribution in [0.3, 0.4) is 0 Å². The standard InChI is InChI=1S/C14H15N2O3/c1-11(18)16(9-10-17)14(19)8-7-12-5-3-4-6-13(12)15-2/h3-8,15H,9H2,1-2H3/b8-7+. The molecular formula is C14H15N2O3. The monoisotopic (exact) mass is 259 g/mol. The predicted molar refractivity (Wildman–Crippen MR) is 73.1 cm³/mol. The Labute approximate surface area is 111 Å². The molecule has 0 aliphatic carbocycles. The van der Waals surface area contributed by atoms with Crippen molar-refractivity contribution in [1.82, 2.24) is 4.90 Å². The molecule has 2 amide bonds. The molecule has 0 saturated heterocycles. The summed E-state index contributed by atoms with van der Waals surface area (Å²) in [6.45, 7) is 0.872. The summed E-state index contributed by atoms with van der Waals surface area (Å²) < 4.78 is 0. The van der Waals surface area contributed by atoms with Gasteiger partial charge < -0.3 is 5.32 Å². The van der Waals surface area contributed by atoms with E-state index in [1.165, 1.54) is 19.3 Å². The van der Waals surface area contributed by atoms with Crippen LogP contribution in [0.15, 0.2) is 30.3 Å². The number of benzene rings is 1. The van der Waals surface area contributed by atoms with E-state index in [4.69, 9.17) is 0 Å². The topological polar surface area (TPSA) is 66.5 Å². The predicted octanol–water partition coefficient (Wildman–Crippen LogP) is 1.23. The van der Waals surface area contributed by atoms with Crippen LogP contribution in [-0.4, -0.2) is 36.6 Å². The molecule has 1 aromatic carbocycles. The number of hydrogen-bond donors (Lipinski definition) is 1. The minimum Gasteiger partial charge on any atom is -0.388 e. The van der Waals surface area contributed by atoms with Crippen LogP contribution in [-0.2, 0) is 14.4 Å². The lowest BCUT2D eigenvalue weighted by Gasteiger charge is -2.13. The van der Waals surface area contributed by atoms with Crippen molar-refractivity contribution in [3.63, 3.8) is 0 Å². The zero-order valence-corrected chi connectivity index (χ0v) is 10.8. The van der Waals surface area contributed by atoms with Crippen LogP contribution in [0.2, 0.25) is 0 Å². The van der Waals surface area contributed by atoms with Crippen molar-refractivity contribution in [1.29, 1.82) is 0 Å². The third kappa shape index (κ3) is 4.06. The average molecular weight is 259 g/mol. The number of imide groups is 1. The van der Waals surface area contributed by atoms with Gasteiger partial charge in [0.25, 0.3) is 5.91 Å². The highest BCUT2D eigenvalue weighted by Gasteiger charge is 2.14. The van der Waals surface area contributed by atoms with E-state index in [1.807, 2.05) is 24.3 Å². The Hall–Kier alpha value is -2.43. The van der Waals surface area contributed by atoms with Crippen LogP contribution < -0.4 is 5.32 Å². The number of carbonyl (C=O) groups excluding carboxylic acids is 3. The van der Waals surface area contributed by atoms with E-state index in [9.17, 15) is 14.4 Å². The number of amides is 2. The van der Waals surface area contributed by atoms with Gasteiger partial charge in [0.15, 0.2) is 0 Å². The SMILES string of the molecule is CNc1ccccc1/C=C/C(=O)N(C[C]=O)C(C)=O. The molecule has 0 aliphatic heterocycles.